The van der Waals surface area contributed by atoms with Crippen LogP contribution < -0.4 is 0 Å². The molecule has 6 nitrogen and oxygen atoms in total. The predicted octanol–water partition coefficient (Wildman–Crippen LogP) is 1.70. The summed E-state index contributed by atoms with van der Waals surface area (Å²) in [5.74, 6) is 0.788. The van der Waals surface area contributed by atoms with Gasteiger partial charge >= 0.3 is 0 Å². The molecule has 0 unspecified atom stereocenters. The number of aromatic nitrogens is 4. The molecule has 0 amide bonds. The van der Waals surface area contributed by atoms with Crippen molar-refractivity contribution in [3.8, 4) is 0 Å². The number of aromatic amines is 1. The van der Waals surface area contributed by atoms with Crippen LogP contribution in [0.15, 0.2) is 12.4 Å². The highest BCUT2D eigenvalue weighted by molar-refractivity contribution is 5.11. The maximum atomic E-state index is 5.86. The molecule has 1 saturated heterocycles. The van der Waals surface area contributed by atoms with E-state index in [1.54, 1.807) is 6.33 Å². The first-order chi connectivity index (χ1) is 10.1. The number of morpholine rings is 1. The van der Waals surface area contributed by atoms with E-state index in [0.29, 0.717) is 6.61 Å². The Morgan fingerprint density at radius 2 is 2.05 bits per heavy atom. The second kappa shape index (κ2) is 5.91. The molecule has 1 N–H and O–H groups in total. The van der Waals surface area contributed by atoms with Crippen LogP contribution in [-0.2, 0) is 11.3 Å². The summed E-state index contributed by atoms with van der Waals surface area (Å²) >= 11 is 0. The third kappa shape index (κ3) is 3.28. The minimum atomic E-state index is -0.0587. The van der Waals surface area contributed by atoms with Crippen molar-refractivity contribution in [2.24, 2.45) is 0 Å². The number of hydrogen-bond donors (Lipinski definition) is 1. The van der Waals surface area contributed by atoms with Crippen LogP contribution in [0.25, 0.3) is 0 Å². The topological polar surface area (TPSA) is 66.9 Å². The van der Waals surface area contributed by atoms with E-state index in [0.717, 1.165) is 48.2 Å². The Balaban J connectivity index is 1.72. The molecule has 1 aliphatic rings. The summed E-state index contributed by atoms with van der Waals surface area (Å²) in [6.07, 6.45) is 1.69. The number of aryl methyl sites for hydroxylation is 3. The largest absolute Gasteiger partial charge is 0.368 e. The molecule has 1 fully saturated rings. The van der Waals surface area contributed by atoms with Gasteiger partial charge in [-0.25, -0.2) is 15.0 Å². The molecule has 1 atom stereocenters. The van der Waals surface area contributed by atoms with Gasteiger partial charge in [-0.15, -0.1) is 0 Å². The molecule has 6 heteroatoms. The molecule has 0 saturated carbocycles. The Bertz CT molecular complexity index is 604. The van der Waals surface area contributed by atoms with E-state index in [4.69, 9.17) is 4.74 Å². The number of nitrogens with zero attached hydrogens (tertiary/aromatic N) is 4. The third-order valence-corrected chi connectivity index (χ3v) is 3.75. The first-order valence-corrected chi connectivity index (χ1v) is 7.27. The second-order valence-electron chi connectivity index (χ2n) is 5.58. The van der Waals surface area contributed by atoms with E-state index in [2.05, 4.69) is 24.8 Å². The molecule has 112 valence electrons. The van der Waals surface area contributed by atoms with Crippen LogP contribution in [0.5, 0.6) is 0 Å². The monoisotopic (exact) mass is 287 g/mol. The highest BCUT2D eigenvalue weighted by Gasteiger charge is 2.25. The summed E-state index contributed by atoms with van der Waals surface area (Å²) in [6, 6.07) is 1.98. The molecule has 3 rings (SSSR count). The number of rotatable bonds is 3. The average Bonchev–Trinajstić information content (AvgIpc) is 2.84. The number of H-pyrrole nitrogens is 1. The van der Waals surface area contributed by atoms with E-state index in [9.17, 15) is 0 Å². The zero-order chi connectivity index (χ0) is 14.8. The number of imidazole rings is 1. The highest BCUT2D eigenvalue weighted by Crippen LogP contribution is 2.21. The smallest absolute Gasteiger partial charge is 0.158 e. The zero-order valence-corrected chi connectivity index (χ0v) is 12.8. The Hall–Kier alpha value is -1.79. The molecule has 3 heterocycles. The van der Waals surface area contributed by atoms with Crippen LogP contribution in [0.3, 0.4) is 0 Å². The SMILES string of the molecule is Cc1cc(C)nc([C@@H]2CN(Cc3nc[nH]c3C)CCO2)n1. The van der Waals surface area contributed by atoms with E-state index in [1.165, 1.54) is 0 Å². The zero-order valence-electron chi connectivity index (χ0n) is 12.8. The maximum Gasteiger partial charge on any atom is 0.158 e. The minimum Gasteiger partial charge on any atom is -0.368 e. The summed E-state index contributed by atoms with van der Waals surface area (Å²) < 4.78 is 5.86. The van der Waals surface area contributed by atoms with Crippen molar-refractivity contribution in [1.82, 2.24) is 24.8 Å². The fraction of sp³-hybridized carbons (Fsp3) is 0.533. The molecule has 0 aromatic carbocycles. The average molecular weight is 287 g/mol. The molecule has 0 spiro atoms. The first kappa shape index (κ1) is 14.2. The van der Waals surface area contributed by atoms with Crippen molar-refractivity contribution in [2.45, 2.75) is 33.4 Å². The van der Waals surface area contributed by atoms with Gasteiger partial charge in [0.05, 0.1) is 18.6 Å². The van der Waals surface area contributed by atoms with Crippen LogP contribution in [0, 0.1) is 20.8 Å². The Kier molecular flexibility index (Phi) is 3.98. The Labute approximate surface area is 124 Å². The molecular formula is C15H21N5O. The predicted molar refractivity (Wildman–Crippen MR) is 78.8 cm³/mol. The third-order valence-electron chi connectivity index (χ3n) is 3.75. The lowest BCUT2D eigenvalue weighted by Crippen LogP contribution is -2.38. The van der Waals surface area contributed by atoms with Crippen LogP contribution in [0.2, 0.25) is 0 Å². The van der Waals surface area contributed by atoms with Gasteiger partial charge in [0.15, 0.2) is 5.82 Å². The lowest BCUT2D eigenvalue weighted by molar-refractivity contribution is -0.0377. The molecular weight excluding hydrogens is 266 g/mol. The molecule has 21 heavy (non-hydrogen) atoms. The van der Waals surface area contributed by atoms with Crippen molar-refractivity contribution >= 4 is 0 Å². The summed E-state index contributed by atoms with van der Waals surface area (Å²) in [5, 5.41) is 0. The summed E-state index contributed by atoms with van der Waals surface area (Å²) in [5.41, 5.74) is 4.19. The van der Waals surface area contributed by atoms with Gasteiger partial charge in [0, 0.05) is 36.7 Å². The van der Waals surface area contributed by atoms with E-state index in [1.807, 2.05) is 26.8 Å². The van der Waals surface area contributed by atoms with Gasteiger partial charge in [0.1, 0.15) is 6.10 Å². The molecule has 0 aliphatic carbocycles. The first-order valence-electron chi connectivity index (χ1n) is 7.27. The number of nitrogens with one attached hydrogen (secondary N) is 1. The van der Waals surface area contributed by atoms with E-state index < -0.39 is 0 Å². The van der Waals surface area contributed by atoms with Gasteiger partial charge in [-0.2, -0.15) is 0 Å². The molecule has 0 bridgehead atoms. The van der Waals surface area contributed by atoms with Gasteiger partial charge in [-0.3, -0.25) is 4.90 Å². The van der Waals surface area contributed by atoms with Gasteiger partial charge in [-0.1, -0.05) is 0 Å². The molecule has 1 aliphatic heterocycles. The minimum absolute atomic E-state index is 0.0587. The Morgan fingerprint density at radius 3 is 2.71 bits per heavy atom. The maximum absolute atomic E-state index is 5.86. The van der Waals surface area contributed by atoms with E-state index in [-0.39, 0.29) is 6.10 Å². The summed E-state index contributed by atoms with van der Waals surface area (Å²) in [6.45, 7) is 9.28. The van der Waals surface area contributed by atoms with Crippen LogP contribution >= 0.6 is 0 Å². The van der Waals surface area contributed by atoms with Crippen LogP contribution in [0.1, 0.15) is 34.7 Å². The fourth-order valence-electron chi connectivity index (χ4n) is 2.66. The quantitative estimate of drug-likeness (QED) is 0.930. The highest BCUT2D eigenvalue weighted by atomic mass is 16.5. The molecule has 2 aromatic heterocycles. The van der Waals surface area contributed by atoms with Gasteiger partial charge < -0.3 is 9.72 Å². The Morgan fingerprint density at radius 1 is 1.29 bits per heavy atom. The van der Waals surface area contributed by atoms with E-state index >= 15 is 0 Å². The number of hydrogen-bond acceptors (Lipinski definition) is 5. The van der Waals surface area contributed by atoms with Crippen molar-refractivity contribution in [1.29, 1.82) is 0 Å². The van der Waals surface area contributed by atoms with Gasteiger partial charge in [0.2, 0.25) is 0 Å². The molecule has 0 radical (unpaired) electrons. The molecule has 2 aromatic rings. The lowest BCUT2D eigenvalue weighted by Gasteiger charge is -2.31. The number of ether oxygens (including phenoxy) is 1. The summed E-state index contributed by atoms with van der Waals surface area (Å²) in [7, 11) is 0. The second-order valence-corrected chi connectivity index (χ2v) is 5.58. The van der Waals surface area contributed by atoms with Crippen molar-refractivity contribution in [3.05, 3.63) is 41.0 Å². The standard InChI is InChI=1S/C15H21N5O/c1-10-6-11(2)19-15(18-10)14-8-20(4-5-21-14)7-13-12(3)16-9-17-13/h6,9,14H,4-5,7-8H2,1-3H3,(H,16,17)/t14-/m0/s1. The van der Waals surface area contributed by atoms with Crippen LogP contribution in [0.4, 0.5) is 0 Å². The summed E-state index contributed by atoms with van der Waals surface area (Å²) in [4.78, 5) is 18.9. The van der Waals surface area contributed by atoms with Crippen molar-refractivity contribution in [3.63, 3.8) is 0 Å². The van der Waals surface area contributed by atoms with Crippen molar-refractivity contribution < 1.29 is 4.74 Å². The van der Waals surface area contributed by atoms with Gasteiger partial charge in [0.25, 0.3) is 0 Å². The van der Waals surface area contributed by atoms with Gasteiger partial charge in [-0.05, 0) is 26.8 Å². The normalized spacial score (nSPS) is 19.9. The lowest BCUT2D eigenvalue weighted by atomic mass is 10.2. The fourth-order valence-corrected chi connectivity index (χ4v) is 2.66. The van der Waals surface area contributed by atoms with Crippen molar-refractivity contribution in [2.75, 3.05) is 19.7 Å². The van der Waals surface area contributed by atoms with Crippen LogP contribution in [-0.4, -0.2) is 44.5 Å².